The first-order chi connectivity index (χ1) is 16.6. The number of aromatic nitrogens is 3. The molecule has 1 atom stereocenters. The summed E-state index contributed by atoms with van der Waals surface area (Å²) in [5.74, 6) is -0.801. The van der Waals surface area contributed by atoms with Crippen molar-refractivity contribution < 1.29 is 27.4 Å². The number of nitrogens with one attached hydrogen (secondary N) is 2. The lowest BCUT2D eigenvalue weighted by Gasteiger charge is -2.32. The molecule has 0 saturated carbocycles. The summed E-state index contributed by atoms with van der Waals surface area (Å²) in [5.41, 5.74) is 7.05. The first-order valence-electron chi connectivity index (χ1n) is 11.4. The van der Waals surface area contributed by atoms with Gasteiger partial charge in [0.05, 0.1) is 19.4 Å². The zero-order valence-electron chi connectivity index (χ0n) is 19.5. The molecule has 1 unspecified atom stereocenters. The van der Waals surface area contributed by atoms with E-state index in [1.165, 1.54) is 6.20 Å². The summed E-state index contributed by atoms with van der Waals surface area (Å²) in [6, 6.07) is 3.55. The number of pyridine rings is 2. The summed E-state index contributed by atoms with van der Waals surface area (Å²) in [6.45, 7) is 3.20. The summed E-state index contributed by atoms with van der Waals surface area (Å²) >= 11 is 0. The van der Waals surface area contributed by atoms with Crippen LogP contribution in [0, 0.1) is 5.92 Å². The third-order valence-corrected chi connectivity index (χ3v) is 6.24. The first-order valence-corrected chi connectivity index (χ1v) is 11.4. The van der Waals surface area contributed by atoms with Gasteiger partial charge in [-0.1, -0.05) is 13.8 Å². The Hall–Kier alpha value is -3.18. The van der Waals surface area contributed by atoms with Crippen LogP contribution in [-0.2, 0) is 15.1 Å². The van der Waals surface area contributed by atoms with Crippen LogP contribution < -0.4 is 15.8 Å². The van der Waals surface area contributed by atoms with Crippen molar-refractivity contribution in [2.75, 3.05) is 19.8 Å². The molecule has 188 valence electrons. The highest BCUT2D eigenvalue weighted by Gasteiger charge is 2.41. The third kappa shape index (κ3) is 5.40. The van der Waals surface area contributed by atoms with Crippen molar-refractivity contribution in [3.05, 3.63) is 42.5 Å². The number of H-pyrrole nitrogens is 1. The molecule has 11 heteroatoms. The van der Waals surface area contributed by atoms with Crippen LogP contribution in [0.15, 0.2) is 36.9 Å². The maximum Gasteiger partial charge on any atom is 0.405 e. The number of hydrogen-bond acceptors (Lipinski definition) is 6. The minimum Gasteiger partial charge on any atom is -0.489 e. The monoisotopic (exact) mass is 491 g/mol. The van der Waals surface area contributed by atoms with Gasteiger partial charge in [-0.15, -0.1) is 0 Å². The topological polar surface area (TPSA) is 115 Å². The van der Waals surface area contributed by atoms with Crippen LogP contribution in [0.5, 0.6) is 5.75 Å². The Balaban J connectivity index is 1.66. The van der Waals surface area contributed by atoms with E-state index in [0.29, 0.717) is 35.7 Å². The van der Waals surface area contributed by atoms with Crippen LogP contribution in [-0.4, -0.2) is 52.9 Å². The summed E-state index contributed by atoms with van der Waals surface area (Å²) < 4.78 is 49.5. The van der Waals surface area contributed by atoms with Crippen molar-refractivity contribution in [1.82, 2.24) is 20.3 Å². The second-order valence-corrected chi connectivity index (χ2v) is 8.98. The lowest BCUT2D eigenvalue weighted by atomic mass is 9.80. The van der Waals surface area contributed by atoms with Crippen LogP contribution in [0.25, 0.3) is 22.2 Å². The van der Waals surface area contributed by atoms with E-state index >= 15 is 0 Å². The number of nitrogens with zero attached hydrogens (tertiary/aromatic N) is 2. The number of carbonyl (C=O) groups is 1. The number of amides is 1. The highest BCUT2D eigenvalue weighted by Crippen LogP contribution is 2.34. The Morgan fingerprint density at radius 1 is 1.26 bits per heavy atom. The first kappa shape index (κ1) is 24.9. The zero-order valence-corrected chi connectivity index (χ0v) is 19.5. The van der Waals surface area contributed by atoms with Gasteiger partial charge in [0.2, 0.25) is 5.91 Å². The van der Waals surface area contributed by atoms with Gasteiger partial charge in [-0.3, -0.25) is 9.78 Å². The molecule has 35 heavy (non-hydrogen) atoms. The van der Waals surface area contributed by atoms with Crippen LogP contribution in [0.4, 0.5) is 13.2 Å². The zero-order chi connectivity index (χ0) is 25.2. The molecule has 0 radical (unpaired) electrons. The molecule has 1 amide bonds. The molecule has 3 aromatic heterocycles. The molecule has 3 aromatic rings. The Labute approximate surface area is 200 Å². The van der Waals surface area contributed by atoms with E-state index in [2.05, 4.69) is 15.0 Å². The van der Waals surface area contributed by atoms with E-state index in [1.807, 2.05) is 11.4 Å². The number of rotatable bonds is 7. The molecule has 1 aliphatic rings. The lowest BCUT2D eigenvalue weighted by Crippen LogP contribution is -2.56. The minimum atomic E-state index is -4.55. The molecule has 1 fully saturated rings. The van der Waals surface area contributed by atoms with E-state index in [1.54, 1.807) is 38.5 Å². The molecule has 1 saturated heterocycles. The highest BCUT2D eigenvalue weighted by molar-refractivity contribution is 5.95. The molecule has 1 aliphatic heterocycles. The maximum atomic E-state index is 12.8. The average molecular weight is 492 g/mol. The lowest BCUT2D eigenvalue weighted by molar-refractivity contribution is -0.143. The van der Waals surface area contributed by atoms with Crippen LogP contribution in [0.2, 0.25) is 0 Å². The standard InChI is InChI=1S/C24H28F3N5O3/c1-14(2)24(28,22(33)32-13-23(25,26)27)16-7-15(9-29-10-16)20-12-31-21-19(20)8-18(11-30-21)35-17-3-5-34-6-4-17/h7-12,14,17H,3-6,13,28H2,1-2H3,(H,30,31)(H,32,33). The number of hydrogen-bond donors (Lipinski definition) is 3. The number of fused-ring (bicyclic) bond motifs is 1. The van der Waals surface area contributed by atoms with Crippen LogP contribution in [0.1, 0.15) is 32.3 Å². The molecule has 0 aliphatic carbocycles. The van der Waals surface area contributed by atoms with Crippen molar-refractivity contribution in [3.8, 4) is 16.9 Å². The van der Waals surface area contributed by atoms with E-state index < -0.39 is 30.1 Å². The van der Waals surface area contributed by atoms with Gasteiger partial charge in [0.25, 0.3) is 0 Å². The van der Waals surface area contributed by atoms with Crippen molar-refractivity contribution in [2.24, 2.45) is 11.7 Å². The Bertz CT molecular complexity index is 1190. The number of nitrogens with two attached hydrogens (primary N) is 1. The molecule has 4 heterocycles. The predicted molar refractivity (Wildman–Crippen MR) is 124 cm³/mol. The minimum absolute atomic E-state index is 0.0505. The maximum absolute atomic E-state index is 12.8. The third-order valence-electron chi connectivity index (χ3n) is 6.24. The van der Waals surface area contributed by atoms with Gasteiger partial charge < -0.3 is 25.5 Å². The molecule has 8 nitrogen and oxygen atoms in total. The van der Waals surface area contributed by atoms with Crippen molar-refractivity contribution in [2.45, 2.75) is 44.5 Å². The fraction of sp³-hybridized carbons (Fsp3) is 0.458. The quantitative estimate of drug-likeness (QED) is 0.465. The Kier molecular flexibility index (Phi) is 7.00. The van der Waals surface area contributed by atoms with Gasteiger partial charge >= 0.3 is 6.18 Å². The van der Waals surface area contributed by atoms with Gasteiger partial charge in [0, 0.05) is 53.5 Å². The second-order valence-electron chi connectivity index (χ2n) is 8.98. The van der Waals surface area contributed by atoms with Crippen LogP contribution >= 0.6 is 0 Å². The van der Waals surface area contributed by atoms with E-state index in [9.17, 15) is 18.0 Å². The number of alkyl halides is 3. The summed E-state index contributed by atoms with van der Waals surface area (Å²) in [4.78, 5) is 24.6. The Morgan fingerprint density at radius 3 is 2.69 bits per heavy atom. The number of ether oxygens (including phenoxy) is 2. The fourth-order valence-corrected chi connectivity index (χ4v) is 4.14. The van der Waals surface area contributed by atoms with Gasteiger partial charge in [0.15, 0.2) is 0 Å². The summed E-state index contributed by atoms with van der Waals surface area (Å²) in [7, 11) is 0. The predicted octanol–water partition coefficient (Wildman–Crippen LogP) is 3.67. The van der Waals surface area contributed by atoms with Gasteiger partial charge in [-0.25, -0.2) is 4.98 Å². The summed E-state index contributed by atoms with van der Waals surface area (Å²) in [5, 5.41) is 2.69. The molecule has 4 rings (SSSR count). The summed E-state index contributed by atoms with van der Waals surface area (Å²) in [6.07, 6.45) is 3.53. The van der Waals surface area contributed by atoms with Crippen molar-refractivity contribution >= 4 is 16.9 Å². The molecule has 4 N–H and O–H groups in total. The largest absolute Gasteiger partial charge is 0.489 e. The van der Waals surface area contributed by atoms with Crippen LogP contribution in [0.3, 0.4) is 0 Å². The van der Waals surface area contributed by atoms with Gasteiger partial charge in [-0.2, -0.15) is 13.2 Å². The smallest absolute Gasteiger partial charge is 0.405 e. The van der Waals surface area contributed by atoms with E-state index in [0.717, 1.165) is 23.8 Å². The molecule has 0 bridgehead atoms. The molecule has 0 aromatic carbocycles. The molecular formula is C24H28F3N5O3. The normalized spacial score (nSPS) is 16.9. The van der Waals surface area contributed by atoms with E-state index in [-0.39, 0.29) is 6.10 Å². The molecule has 0 spiro atoms. The fourth-order valence-electron chi connectivity index (χ4n) is 4.14. The highest BCUT2D eigenvalue weighted by atomic mass is 19.4. The number of aromatic amines is 1. The SMILES string of the molecule is CC(C)C(N)(C(=O)NCC(F)(F)F)c1cncc(-c2c[nH]c3ncc(OC4CCOCC4)cc23)c1. The van der Waals surface area contributed by atoms with Crippen molar-refractivity contribution in [3.63, 3.8) is 0 Å². The Morgan fingerprint density at radius 2 is 2.00 bits per heavy atom. The van der Waals surface area contributed by atoms with E-state index in [4.69, 9.17) is 15.2 Å². The number of halogens is 3. The van der Waals surface area contributed by atoms with Gasteiger partial charge in [0.1, 0.15) is 29.6 Å². The second kappa shape index (κ2) is 9.82. The number of carbonyl (C=O) groups excluding carboxylic acids is 1. The molecular weight excluding hydrogens is 463 g/mol. The van der Waals surface area contributed by atoms with Gasteiger partial charge in [-0.05, 0) is 18.1 Å². The van der Waals surface area contributed by atoms with Crippen molar-refractivity contribution in [1.29, 1.82) is 0 Å². The average Bonchev–Trinajstić information content (AvgIpc) is 3.25.